The molecule has 21 nitrogen and oxygen atoms in total. The summed E-state index contributed by atoms with van der Waals surface area (Å²) in [5.41, 5.74) is 5.34. The van der Waals surface area contributed by atoms with E-state index in [0.717, 1.165) is 0 Å². The zero-order chi connectivity index (χ0) is 43.7. The summed E-state index contributed by atoms with van der Waals surface area (Å²) in [6, 6.07) is 0. The highest BCUT2D eigenvalue weighted by atomic mass is 16.6. The lowest BCUT2D eigenvalue weighted by Gasteiger charge is -2.09. The van der Waals surface area contributed by atoms with Gasteiger partial charge in [0.1, 0.15) is 0 Å². The van der Waals surface area contributed by atoms with Gasteiger partial charge in [-0.2, -0.15) is 0 Å². The van der Waals surface area contributed by atoms with Crippen molar-refractivity contribution in [2.24, 2.45) is 5.73 Å². The molecule has 0 aliphatic carbocycles. The van der Waals surface area contributed by atoms with Gasteiger partial charge in [0.15, 0.2) is 0 Å². The van der Waals surface area contributed by atoms with Gasteiger partial charge >= 0.3 is 0 Å². The minimum atomic E-state index is 0.0202. The first-order valence-corrected chi connectivity index (χ1v) is 21.7. The zero-order valence-corrected chi connectivity index (χ0v) is 37.1. The molecule has 0 rings (SSSR count). The van der Waals surface area contributed by atoms with E-state index in [2.05, 4.69) is 0 Å². The third-order valence-electron chi connectivity index (χ3n) is 7.19. The second-order valence-electron chi connectivity index (χ2n) is 12.1. The molecule has 0 aromatic carbocycles. The van der Waals surface area contributed by atoms with Crippen molar-refractivity contribution in [2.45, 2.75) is 0 Å². The van der Waals surface area contributed by atoms with E-state index in [-0.39, 0.29) is 6.61 Å². The minimum Gasteiger partial charge on any atom is -0.394 e. The molecule has 0 spiro atoms. The fourth-order valence-corrected chi connectivity index (χ4v) is 4.21. The molecule has 0 fully saturated rings. The molecule has 0 heterocycles. The van der Waals surface area contributed by atoms with Gasteiger partial charge in [0.25, 0.3) is 0 Å². The van der Waals surface area contributed by atoms with Crippen LogP contribution in [0.15, 0.2) is 0 Å². The molecule has 0 unspecified atom stereocenters. The third kappa shape index (κ3) is 59.2. The Bertz CT molecular complexity index is 699. The molecule has 0 bridgehead atoms. The average Bonchev–Trinajstić information content (AvgIpc) is 3.27. The van der Waals surface area contributed by atoms with Crippen molar-refractivity contribution >= 4 is 0 Å². The summed E-state index contributed by atoms with van der Waals surface area (Å²) in [6.45, 7) is 19.4. The van der Waals surface area contributed by atoms with E-state index in [1.54, 1.807) is 0 Å². The van der Waals surface area contributed by atoms with Crippen molar-refractivity contribution in [1.82, 2.24) is 0 Å². The zero-order valence-electron chi connectivity index (χ0n) is 37.1. The Morgan fingerprint density at radius 3 is 0.361 bits per heavy atom. The van der Waals surface area contributed by atoms with Gasteiger partial charge in [-0.25, -0.2) is 0 Å². The Morgan fingerprint density at radius 1 is 0.164 bits per heavy atom. The first kappa shape index (κ1) is 60.2. The molecule has 0 saturated heterocycles. The van der Waals surface area contributed by atoms with Gasteiger partial charge in [0.2, 0.25) is 0 Å². The van der Waals surface area contributed by atoms with E-state index in [0.29, 0.717) is 258 Å². The topological polar surface area (TPSA) is 222 Å². The second kappa shape index (κ2) is 59.2. The molecule has 3 N–H and O–H groups in total. The first-order chi connectivity index (χ1) is 30.4. The van der Waals surface area contributed by atoms with Crippen LogP contribution in [0.5, 0.6) is 0 Å². The molecular formula is C40H83NO20. The maximum absolute atomic E-state index is 8.60. The Hall–Kier alpha value is -0.840. The van der Waals surface area contributed by atoms with Gasteiger partial charge in [-0.15, -0.1) is 0 Å². The number of aliphatic hydroxyl groups excluding tert-OH is 1. The number of hydrogen-bond donors (Lipinski definition) is 2. The Balaban J connectivity index is 3.06. The van der Waals surface area contributed by atoms with Gasteiger partial charge in [-0.1, -0.05) is 0 Å². The van der Waals surface area contributed by atoms with Gasteiger partial charge in [0, 0.05) is 6.54 Å². The quantitative estimate of drug-likeness (QED) is 0.0718. The van der Waals surface area contributed by atoms with Crippen molar-refractivity contribution in [3.8, 4) is 0 Å². The molecule has 0 saturated carbocycles. The number of rotatable bonds is 58. The van der Waals surface area contributed by atoms with Crippen LogP contribution < -0.4 is 5.73 Å². The Labute approximate surface area is 364 Å². The predicted octanol–water partition coefficient (Wildman–Crippen LogP) is -0.747. The van der Waals surface area contributed by atoms with Gasteiger partial charge < -0.3 is 101 Å². The third-order valence-corrected chi connectivity index (χ3v) is 7.19. The maximum Gasteiger partial charge on any atom is 0.0701 e. The summed E-state index contributed by atoms with van der Waals surface area (Å²) < 4.78 is 103. The molecule has 0 aliphatic rings. The van der Waals surface area contributed by atoms with Crippen LogP contribution in [0.1, 0.15) is 0 Å². The average molecular weight is 898 g/mol. The number of ether oxygens (including phenoxy) is 19. The van der Waals surface area contributed by atoms with Gasteiger partial charge in [0.05, 0.1) is 258 Å². The highest BCUT2D eigenvalue weighted by molar-refractivity contribution is 4.41. The van der Waals surface area contributed by atoms with Crippen molar-refractivity contribution in [2.75, 3.05) is 264 Å². The van der Waals surface area contributed by atoms with Crippen LogP contribution in [-0.2, 0) is 90.0 Å². The fraction of sp³-hybridized carbons (Fsp3) is 1.00. The van der Waals surface area contributed by atoms with Crippen molar-refractivity contribution in [3.05, 3.63) is 0 Å². The van der Waals surface area contributed by atoms with E-state index in [9.17, 15) is 0 Å². The lowest BCUT2D eigenvalue weighted by Crippen LogP contribution is -2.16. The van der Waals surface area contributed by atoms with E-state index in [1.807, 2.05) is 0 Å². The summed E-state index contributed by atoms with van der Waals surface area (Å²) in [7, 11) is 0. The van der Waals surface area contributed by atoms with Crippen LogP contribution in [0, 0.1) is 0 Å². The van der Waals surface area contributed by atoms with Crippen molar-refractivity contribution in [1.29, 1.82) is 0 Å². The number of nitrogens with two attached hydrogens (primary N) is 1. The molecule has 61 heavy (non-hydrogen) atoms. The molecule has 0 aliphatic heterocycles. The highest BCUT2D eigenvalue weighted by Crippen LogP contribution is 1.89. The lowest BCUT2D eigenvalue weighted by atomic mass is 10.6. The van der Waals surface area contributed by atoms with Crippen LogP contribution in [0.3, 0.4) is 0 Å². The molecule has 0 aromatic heterocycles. The van der Waals surface area contributed by atoms with Crippen LogP contribution in [0.2, 0.25) is 0 Å². The maximum atomic E-state index is 8.60. The van der Waals surface area contributed by atoms with E-state index in [4.69, 9.17) is 101 Å². The molecule has 21 heteroatoms. The van der Waals surface area contributed by atoms with Crippen molar-refractivity contribution < 1.29 is 95.1 Å². The standard InChI is InChI=1S/C40H83NO20/c41-1-3-43-5-7-45-9-11-47-13-15-49-17-19-51-21-23-53-25-27-55-29-31-57-33-35-59-37-39-61-40-38-60-36-34-58-32-30-56-28-26-54-24-22-52-20-18-50-16-14-48-12-10-46-8-6-44-4-2-42/h42H,1-41H2. The second-order valence-corrected chi connectivity index (χ2v) is 12.1. The largest absolute Gasteiger partial charge is 0.394 e. The van der Waals surface area contributed by atoms with Crippen LogP contribution in [0.25, 0.3) is 0 Å². The monoisotopic (exact) mass is 898 g/mol. The van der Waals surface area contributed by atoms with Gasteiger partial charge in [-0.05, 0) is 0 Å². The van der Waals surface area contributed by atoms with E-state index < -0.39 is 0 Å². The Morgan fingerprint density at radius 2 is 0.262 bits per heavy atom. The number of aliphatic hydroxyl groups is 1. The molecule has 0 atom stereocenters. The van der Waals surface area contributed by atoms with E-state index in [1.165, 1.54) is 0 Å². The highest BCUT2D eigenvalue weighted by Gasteiger charge is 1.99. The van der Waals surface area contributed by atoms with Crippen LogP contribution in [0.4, 0.5) is 0 Å². The smallest absolute Gasteiger partial charge is 0.0701 e. The van der Waals surface area contributed by atoms with E-state index >= 15 is 0 Å². The summed E-state index contributed by atoms with van der Waals surface area (Å²) in [6.07, 6.45) is 0. The SMILES string of the molecule is NCCOCCOCCOCCOCCOCCOCCOCCOCCOCCOCCOCCOCCOCCOCCOCCOCCOCCOCCOCCO. The summed E-state index contributed by atoms with van der Waals surface area (Å²) in [5, 5.41) is 8.60. The Kier molecular flexibility index (Phi) is 58.3. The molecular weight excluding hydrogens is 814 g/mol. The first-order valence-electron chi connectivity index (χ1n) is 21.7. The van der Waals surface area contributed by atoms with Crippen molar-refractivity contribution in [3.63, 3.8) is 0 Å². The molecule has 0 amide bonds. The summed E-state index contributed by atoms with van der Waals surface area (Å²) >= 11 is 0. The summed E-state index contributed by atoms with van der Waals surface area (Å²) in [5.74, 6) is 0. The molecule has 368 valence electrons. The van der Waals surface area contributed by atoms with Crippen LogP contribution in [-0.4, -0.2) is 269 Å². The molecule has 0 radical (unpaired) electrons. The summed E-state index contributed by atoms with van der Waals surface area (Å²) in [4.78, 5) is 0. The normalized spacial score (nSPS) is 11.7. The molecule has 0 aromatic rings. The van der Waals surface area contributed by atoms with Crippen LogP contribution >= 0.6 is 0 Å². The predicted molar refractivity (Wildman–Crippen MR) is 222 cm³/mol. The minimum absolute atomic E-state index is 0.0202. The number of hydrogen-bond acceptors (Lipinski definition) is 21. The fourth-order valence-electron chi connectivity index (χ4n) is 4.21. The van der Waals surface area contributed by atoms with Gasteiger partial charge in [-0.3, -0.25) is 0 Å². The lowest BCUT2D eigenvalue weighted by molar-refractivity contribution is -0.0312.